The standard InChI is InChI=1S/C11H14N4S/c1-8-3-5-16-9(8)7-14-10-2-4-13-11(6-12)15-10/h2-5H,6-7,12H2,1H3,(H,13,14,15). The molecule has 0 aliphatic rings. The molecule has 5 heteroatoms. The van der Waals surface area contributed by atoms with Gasteiger partial charge < -0.3 is 11.1 Å². The Bertz CT molecular complexity index is 467. The zero-order valence-corrected chi connectivity index (χ0v) is 9.92. The van der Waals surface area contributed by atoms with Gasteiger partial charge >= 0.3 is 0 Å². The van der Waals surface area contributed by atoms with Crippen LogP contribution >= 0.6 is 11.3 Å². The smallest absolute Gasteiger partial charge is 0.144 e. The van der Waals surface area contributed by atoms with E-state index in [1.54, 1.807) is 17.5 Å². The fourth-order valence-electron chi connectivity index (χ4n) is 1.35. The summed E-state index contributed by atoms with van der Waals surface area (Å²) in [5.41, 5.74) is 6.79. The number of nitrogens with zero attached hydrogens (tertiary/aromatic N) is 2. The van der Waals surface area contributed by atoms with Crippen LogP contribution in [0.25, 0.3) is 0 Å². The fourth-order valence-corrected chi connectivity index (χ4v) is 2.20. The van der Waals surface area contributed by atoms with Gasteiger partial charge in [0.2, 0.25) is 0 Å². The van der Waals surface area contributed by atoms with Crippen molar-refractivity contribution in [1.82, 2.24) is 9.97 Å². The Kier molecular flexibility index (Phi) is 3.48. The number of hydrogen-bond donors (Lipinski definition) is 2. The molecule has 0 saturated carbocycles. The Morgan fingerprint density at radius 3 is 3.00 bits per heavy atom. The van der Waals surface area contributed by atoms with Crippen molar-refractivity contribution in [2.75, 3.05) is 5.32 Å². The highest BCUT2D eigenvalue weighted by molar-refractivity contribution is 7.10. The van der Waals surface area contributed by atoms with Crippen molar-refractivity contribution in [3.05, 3.63) is 40.0 Å². The molecule has 0 aliphatic carbocycles. The Balaban J connectivity index is 2.02. The maximum Gasteiger partial charge on any atom is 0.144 e. The largest absolute Gasteiger partial charge is 0.365 e. The molecule has 0 bridgehead atoms. The van der Waals surface area contributed by atoms with Gasteiger partial charge in [-0.25, -0.2) is 9.97 Å². The minimum Gasteiger partial charge on any atom is -0.365 e. The number of rotatable bonds is 4. The first-order chi connectivity index (χ1) is 7.79. The second kappa shape index (κ2) is 5.05. The number of thiophene rings is 1. The van der Waals surface area contributed by atoms with Crippen molar-refractivity contribution in [3.63, 3.8) is 0 Å². The lowest BCUT2D eigenvalue weighted by Crippen LogP contribution is -2.06. The van der Waals surface area contributed by atoms with E-state index in [-0.39, 0.29) is 0 Å². The van der Waals surface area contributed by atoms with E-state index in [0.717, 1.165) is 12.4 Å². The van der Waals surface area contributed by atoms with Crippen molar-refractivity contribution in [2.24, 2.45) is 5.73 Å². The summed E-state index contributed by atoms with van der Waals surface area (Å²) in [6.07, 6.45) is 1.72. The molecule has 0 atom stereocenters. The van der Waals surface area contributed by atoms with Crippen LogP contribution < -0.4 is 11.1 Å². The summed E-state index contributed by atoms with van der Waals surface area (Å²) in [5.74, 6) is 1.48. The molecular weight excluding hydrogens is 220 g/mol. The Morgan fingerprint density at radius 2 is 2.31 bits per heavy atom. The van der Waals surface area contributed by atoms with E-state index in [1.807, 2.05) is 6.07 Å². The van der Waals surface area contributed by atoms with Gasteiger partial charge in [0.15, 0.2) is 0 Å². The Labute approximate surface area is 98.6 Å². The number of hydrogen-bond acceptors (Lipinski definition) is 5. The number of nitrogens with one attached hydrogen (secondary N) is 1. The summed E-state index contributed by atoms with van der Waals surface area (Å²) in [6, 6.07) is 3.97. The molecule has 0 spiro atoms. The van der Waals surface area contributed by atoms with Crippen LogP contribution in [0.15, 0.2) is 23.7 Å². The van der Waals surface area contributed by atoms with Crippen LogP contribution in [0, 0.1) is 6.92 Å². The molecule has 2 aromatic rings. The molecule has 3 N–H and O–H groups in total. The van der Waals surface area contributed by atoms with E-state index < -0.39 is 0 Å². The molecule has 2 heterocycles. The molecule has 0 aliphatic heterocycles. The van der Waals surface area contributed by atoms with Crippen LogP contribution in [0.4, 0.5) is 5.82 Å². The normalized spacial score (nSPS) is 10.4. The molecule has 2 aromatic heterocycles. The number of anilines is 1. The first-order valence-electron chi connectivity index (χ1n) is 5.08. The average Bonchev–Trinajstić information content (AvgIpc) is 2.72. The number of aromatic nitrogens is 2. The molecule has 0 saturated heterocycles. The van der Waals surface area contributed by atoms with Gasteiger partial charge in [0.05, 0.1) is 13.1 Å². The van der Waals surface area contributed by atoms with Gasteiger partial charge in [0, 0.05) is 11.1 Å². The van der Waals surface area contributed by atoms with Gasteiger partial charge in [-0.1, -0.05) is 0 Å². The zero-order chi connectivity index (χ0) is 11.4. The van der Waals surface area contributed by atoms with Crippen LogP contribution in [-0.4, -0.2) is 9.97 Å². The molecule has 4 nitrogen and oxygen atoms in total. The van der Waals surface area contributed by atoms with Crippen LogP contribution in [-0.2, 0) is 13.1 Å². The predicted octanol–water partition coefficient (Wildman–Crippen LogP) is 1.92. The number of aryl methyl sites for hydroxylation is 1. The summed E-state index contributed by atoms with van der Waals surface area (Å²) in [7, 11) is 0. The molecular formula is C11H14N4S. The van der Waals surface area contributed by atoms with Crippen LogP contribution in [0.1, 0.15) is 16.3 Å². The second-order valence-corrected chi connectivity index (χ2v) is 4.44. The third kappa shape index (κ3) is 2.56. The molecule has 84 valence electrons. The monoisotopic (exact) mass is 234 g/mol. The lowest BCUT2D eigenvalue weighted by Gasteiger charge is -2.05. The summed E-state index contributed by atoms with van der Waals surface area (Å²) in [6.45, 7) is 3.27. The summed E-state index contributed by atoms with van der Waals surface area (Å²) in [4.78, 5) is 9.65. The van der Waals surface area contributed by atoms with Crippen molar-refractivity contribution < 1.29 is 0 Å². The minimum absolute atomic E-state index is 0.369. The topological polar surface area (TPSA) is 63.8 Å². The maximum absolute atomic E-state index is 5.48. The van der Waals surface area contributed by atoms with Gasteiger partial charge in [0.25, 0.3) is 0 Å². The highest BCUT2D eigenvalue weighted by Gasteiger charge is 2.01. The Morgan fingerprint density at radius 1 is 1.44 bits per heavy atom. The summed E-state index contributed by atoms with van der Waals surface area (Å²) < 4.78 is 0. The third-order valence-electron chi connectivity index (χ3n) is 2.29. The van der Waals surface area contributed by atoms with E-state index in [9.17, 15) is 0 Å². The molecule has 16 heavy (non-hydrogen) atoms. The van der Waals surface area contributed by atoms with Crippen molar-refractivity contribution in [3.8, 4) is 0 Å². The van der Waals surface area contributed by atoms with Crippen LogP contribution in [0.3, 0.4) is 0 Å². The first kappa shape index (κ1) is 11.0. The SMILES string of the molecule is Cc1ccsc1CNc1ccnc(CN)n1. The van der Waals surface area contributed by atoms with E-state index in [4.69, 9.17) is 5.73 Å². The molecule has 0 amide bonds. The third-order valence-corrected chi connectivity index (χ3v) is 3.31. The van der Waals surface area contributed by atoms with Crippen LogP contribution in [0.2, 0.25) is 0 Å². The molecule has 2 rings (SSSR count). The lowest BCUT2D eigenvalue weighted by molar-refractivity contribution is 0.905. The van der Waals surface area contributed by atoms with E-state index in [2.05, 4.69) is 33.7 Å². The summed E-state index contributed by atoms with van der Waals surface area (Å²) >= 11 is 1.75. The summed E-state index contributed by atoms with van der Waals surface area (Å²) in [5, 5.41) is 5.36. The lowest BCUT2D eigenvalue weighted by atomic mass is 10.3. The second-order valence-electron chi connectivity index (χ2n) is 3.44. The first-order valence-corrected chi connectivity index (χ1v) is 5.96. The van der Waals surface area contributed by atoms with E-state index in [0.29, 0.717) is 12.4 Å². The van der Waals surface area contributed by atoms with Gasteiger partial charge in [-0.15, -0.1) is 11.3 Å². The van der Waals surface area contributed by atoms with Gasteiger partial charge in [-0.05, 0) is 30.0 Å². The highest BCUT2D eigenvalue weighted by Crippen LogP contribution is 2.16. The van der Waals surface area contributed by atoms with E-state index in [1.165, 1.54) is 10.4 Å². The predicted molar refractivity (Wildman–Crippen MR) is 66.3 cm³/mol. The van der Waals surface area contributed by atoms with Gasteiger partial charge in [-0.2, -0.15) is 0 Å². The van der Waals surface area contributed by atoms with Gasteiger partial charge in [-0.3, -0.25) is 0 Å². The molecule has 0 fully saturated rings. The quantitative estimate of drug-likeness (QED) is 0.848. The molecule has 0 radical (unpaired) electrons. The van der Waals surface area contributed by atoms with Crippen molar-refractivity contribution in [2.45, 2.75) is 20.0 Å². The van der Waals surface area contributed by atoms with Crippen molar-refractivity contribution in [1.29, 1.82) is 0 Å². The minimum atomic E-state index is 0.369. The fraction of sp³-hybridized carbons (Fsp3) is 0.273. The Hall–Kier alpha value is -1.46. The maximum atomic E-state index is 5.48. The average molecular weight is 234 g/mol. The molecule has 0 unspecified atom stereocenters. The van der Waals surface area contributed by atoms with Crippen LogP contribution in [0.5, 0.6) is 0 Å². The van der Waals surface area contributed by atoms with Gasteiger partial charge in [0.1, 0.15) is 11.6 Å². The number of nitrogens with two attached hydrogens (primary N) is 1. The zero-order valence-electron chi connectivity index (χ0n) is 9.10. The van der Waals surface area contributed by atoms with E-state index >= 15 is 0 Å². The molecule has 0 aromatic carbocycles. The van der Waals surface area contributed by atoms with Crippen molar-refractivity contribution >= 4 is 17.2 Å². The highest BCUT2D eigenvalue weighted by atomic mass is 32.1.